The molecule has 0 aliphatic rings. The number of hydrogen-bond acceptors (Lipinski definition) is 2. The molecule has 0 fully saturated rings. The highest BCUT2D eigenvalue weighted by molar-refractivity contribution is 5.66. The maximum Gasteiger partial charge on any atom is 0.165 e. The van der Waals surface area contributed by atoms with Crippen molar-refractivity contribution in [1.82, 2.24) is 0 Å². The van der Waals surface area contributed by atoms with Gasteiger partial charge in [0.25, 0.3) is 0 Å². The van der Waals surface area contributed by atoms with Crippen LogP contribution in [0.15, 0.2) is 36.4 Å². The molecule has 0 aliphatic carbocycles. The summed E-state index contributed by atoms with van der Waals surface area (Å²) < 4.78 is 26.7. The number of hydrogen-bond donors (Lipinski definition) is 1. The number of rotatable bonds is 1. The van der Waals surface area contributed by atoms with Crippen molar-refractivity contribution < 1.29 is 13.9 Å². The molecule has 2 rings (SSSR count). The first-order valence-corrected chi connectivity index (χ1v) is 4.80. The van der Waals surface area contributed by atoms with Crippen molar-refractivity contribution in [2.45, 2.75) is 0 Å². The molecule has 0 saturated heterocycles. The quantitative estimate of drug-likeness (QED) is 0.818. The largest absolute Gasteiger partial charge is 0.505 e. The molecule has 1 N–H and O–H groups in total. The van der Waals surface area contributed by atoms with E-state index in [-0.39, 0.29) is 16.7 Å². The average Bonchev–Trinajstić information content (AvgIpc) is 2.33. The van der Waals surface area contributed by atoms with Crippen LogP contribution in [0.1, 0.15) is 5.56 Å². The van der Waals surface area contributed by atoms with Crippen molar-refractivity contribution in [3.05, 3.63) is 53.6 Å². The lowest BCUT2D eigenvalue weighted by Crippen LogP contribution is -1.87. The minimum absolute atomic E-state index is 0.128. The molecule has 17 heavy (non-hydrogen) atoms. The molecule has 2 nitrogen and oxygen atoms in total. The Hall–Kier alpha value is -2.41. The number of phenolic OH excluding ortho intramolecular Hbond substituents is 1. The fourth-order valence-electron chi connectivity index (χ4n) is 1.49. The van der Waals surface area contributed by atoms with Crippen molar-refractivity contribution in [1.29, 1.82) is 5.26 Å². The second-order valence-electron chi connectivity index (χ2n) is 3.47. The lowest BCUT2D eigenvalue weighted by molar-refractivity contribution is 0.432. The third-order valence-electron chi connectivity index (χ3n) is 2.35. The number of phenols is 1. The van der Waals surface area contributed by atoms with Crippen LogP contribution < -0.4 is 0 Å². The Kier molecular flexibility index (Phi) is 2.75. The average molecular weight is 231 g/mol. The third kappa shape index (κ3) is 2.08. The topological polar surface area (TPSA) is 44.0 Å². The van der Waals surface area contributed by atoms with Crippen molar-refractivity contribution in [3.8, 4) is 22.9 Å². The lowest BCUT2D eigenvalue weighted by atomic mass is 10.0. The maximum atomic E-state index is 13.5. The van der Waals surface area contributed by atoms with Crippen molar-refractivity contribution in [3.63, 3.8) is 0 Å². The SMILES string of the molecule is N#Cc1ccc(F)c(-c2ccc(O)c(F)c2)c1. The minimum Gasteiger partial charge on any atom is -0.505 e. The molecule has 0 aliphatic heterocycles. The molecule has 0 heterocycles. The van der Waals surface area contributed by atoms with Gasteiger partial charge in [-0.05, 0) is 35.9 Å². The first-order valence-electron chi connectivity index (χ1n) is 4.80. The highest BCUT2D eigenvalue weighted by Gasteiger charge is 2.09. The molecule has 0 radical (unpaired) electrons. The summed E-state index contributed by atoms with van der Waals surface area (Å²) in [7, 11) is 0. The van der Waals surface area contributed by atoms with E-state index in [9.17, 15) is 8.78 Å². The summed E-state index contributed by atoms with van der Waals surface area (Å²) in [6.07, 6.45) is 0. The predicted octanol–water partition coefficient (Wildman–Crippen LogP) is 3.21. The zero-order valence-electron chi connectivity index (χ0n) is 8.61. The van der Waals surface area contributed by atoms with E-state index in [0.717, 1.165) is 18.2 Å². The van der Waals surface area contributed by atoms with Crippen LogP contribution in [0.5, 0.6) is 5.75 Å². The van der Waals surface area contributed by atoms with Crippen LogP contribution in [-0.4, -0.2) is 5.11 Å². The Morgan fingerprint density at radius 2 is 1.76 bits per heavy atom. The van der Waals surface area contributed by atoms with Crippen molar-refractivity contribution in [2.24, 2.45) is 0 Å². The number of nitriles is 1. The minimum atomic E-state index is -0.829. The van der Waals surface area contributed by atoms with Gasteiger partial charge in [-0.15, -0.1) is 0 Å². The number of nitrogens with zero attached hydrogens (tertiary/aromatic N) is 1. The fraction of sp³-hybridized carbons (Fsp3) is 0. The second kappa shape index (κ2) is 4.22. The summed E-state index contributed by atoms with van der Waals surface area (Å²) >= 11 is 0. The molecule has 84 valence electrons. The van der Waals surface area contributed by atoms with E-state index < -0.39 is 17.4 Å². The summed E-state index contributed by atoms with van der Waals surface area (Å²) in [4.78, 5) is 0. The Morgan fingerprint density at radius 1 is 1.00 bits per heavy atom. The summed E-state index contributed by atoms with van der Waals surface area (Å²) in [6, 6.07) is 9.26. The molecule has 0 spiro atoms. The third-order valence-corrected chi connectivity index (χ3v) is 2.35. The van der Waals surface area contributed by atoms with Crippen molar-refractivity contribution in [2.75, 3.05) is 0 Å². The van der Waals surface area contributed by atoms with E-state index in [1.807, 2.05) is 6.07 Å². The van der Waals surface area contributed by atoms with E-state index in [4.69, 9.17) is 10.4 Å². The Morgan fingerprint density at radius 3 is 2.41 bits per heavy atom. The van der Waals surface area contributed by atoms with Gasteiger partial charge in [-0.2, -0.15) is 5.26 Å². The summed E-state index contributed by atoms with van der Waals surface area (Å²) in [6.45, 7) is 0. The monoisotopic (exact) mass is 231 g/mol. The molecule has 0 atom stereocenters. The molecule has 2 aromatic carbocycles. The zero-order chi connectivity index (χ0) is 12.4. The molecule has 0 unspecified atom stereocenters. The molecule has 0 bridgehead atoms. The standard InChI is InChI=1S/C13H7F2NO/c14-11-3-1-8(7-16)5-10(11)9-2-4-13(17)12(15)6-9/h1-6,17H. The number of benzene rings is 2. The predicted molar refractivity (Wildman–Crippen MR) is 58.2 cm³/mol. The van der Waals surface area contributed by atoms with Gasteiger partial charge in [-0.1, -0.05) is 6.07 Å². The molecule has 4 heteroatoms. The van der Waals surface area contributed by atoms with Gasteiger partial charge >= 0.3 is 0 Å². The van der Waals surface area contributed by atoms with Crippen LogP contribution in [-0.2, 0) is 0 Å². The van der Waals surface area contributed by atoms with Gasteiger partial charge in [0.1, 0.15) is 5.82 Å². The van der Waals surface area contributed by atoms with E-state index in [1.165, 1.54) is 18.2 Å². The Labute approximate surface area is 96.4 Å². The zero-order valence-corrected chi connectivity index (χ0v) is 8.61. The van der Waals surface area contributed by atoms with Gasteiger partial charge in [0, 0.05) is 5.56 Å². The van der Waals surface area contributed by atoms with Gasteiger partial charge in [0.05, 0.1) is 11.6 Å². The smallest absolute Gasteiger partial charge is 0.165 e. The second-order valence-corrected chi connectivity index (χ2v) is 3.47. The van der Waals surface area contributed by atoms with E-state index in [1.54, 1.807) is 0 Å². The number of aromatic hydroxyl groups is 1. The Bertz CT molecular complexity index is 617. The molecule has 0 amide bonds. The van der Waals surface area contributed by atoms with Crippen LogP contribution in [0.2, 0.25) is 0 Å². The van der Waals surface area contributed by atoms with Gasteiger partial charge in [-0.3, -0.25) is 0 Å². The number of halogens is 2. The highest BCUT2D eigenvalue weighted by Crippen LogP contribution is 2.27. The van der Waals surface area contributed by atoms with Crippen molar-refractivity contribution >= 4 is 0 Å². The fourth-order valence-corrected chi connectivity index (χ4v) is 1.49. The maximum absolute atomic E-state index is 13.5. The van der Waals surface area contributed by atoms with Gasteiger partial charge in [-0.25, -0.2) is 8.78 Å². The Balaban J connectivity index is 2.60. The van der Waals surface area contributed by atoms with Gasteiger partial charge < -0.3 is 5.11 Å². The summed E-state index contributed by atoms with van der Waals surface area (Å²) in [5.41, 5.74) is 0.688. The van der Waals surface area contributed by atoms with Gasteiger partial charge in [0.15, 0.2) is 11.6 Å². The van der Waals surface area contributed by atoms with E-state index in [2.05, 4.69) is 0 Å². The summed E-state index contributed by atoms with van der Waals surface area (Å²) in [5, 5.41) is 17.8. The van der Waals surface area contributed by atoms with Crippen LogP contribution in [0.4, 0.5) is 8.78 Å². The van der Waals surface area contributed by atoms with Crippen LogP contribution in [0, 0.1) is 23.0 Å². The van der Waals surface area contributed by atoms with Crippen LogP contribution in [0.25, 0.3) is 11.1 Å². The molecule has 0 aromatic heterocycles. The first-order chi connectivity index (χ1) is 8.11. The molecular weight excluding hydrogens is 224 g/mol. The van der Waals surface area contributed by atoms with E-state index in [0.29, 0.717) is 0 Å². The summed E-state index contributed by atoms with van der Waals surface area (Å²) in [5.74, 6) is -1.87. The highest BCUT2D eigenvalue weighted by atomic mass is 19.1. The van der Waals surface area contributed by atoms with Crippen LogP contribution in [0.3, 0.4) is 0 Å². The first kappa shape index (κ1) is 11.1. The van der Waals surface area contributed by atoms with Crippen LogP contribution >= 0.6 is 0 Å². The lowest BCUT2D eigenvalue weighted by Gasteiger charge is -2.05. The molecular formula is C13H7F2NO. The normalized spacial score (nSPS) is 9.94. The molecule has 0 saturated carbocycles. The molecule has 2 aromatic rings. The van der Waals surface area contributed by atoms with Gasteiger partial charge in [0.2, 0.25) is 0 Å². The van der Waals surface area contributed by atoms with E-state index >= 15 is 0 Å².